The van der Waals surface area contributed by atoms with Crippen LogP contribution in [0.25, 0.3) is 0 Å². The number of rotatable bonds is 1. The third kappa shape index (κ3) is 1.83. The summed E-state index contributed by atoms with van der Waals surface area (Å²) in [6, 6.07) is 0.652. The molecule has 1 nitrogen and oxygen atoms in total. The molecule has 1 N–H and O–H groups in total. The molecule has 9 heavy (non-hydrogen) atoms. The van der Waals surface area contributed by atoms with Crippen LogP contribution in [0.1, 0.15) is 26.7 Å². The fourth-order valence-corrected chi connectivity index (χ4v) is 1.20. The first-order valence-electron chi connectivity index (χ1n) is 3.73. The molecule has 1 heteroatoms. The monoisotopic (exact) mass is 125 g/mol. The Balaban J connectivity index is 2.47. The van der Waals surface area contributed by atoms with Gasteiger partial charge in [0.1, 0.15) is 0 Å². The van der Waals surface area contributed by atoms with Crippen LogP contribution in [0, 0.1) is 0 Å². The molecule has 0 aromatic rings. The lowest BCUT2D eigenvalue weighted by Gasteiger charge is -2.19. The summed E-state index contributed by atoms with van der Waals surface area (Å²) < 4.78 is 0. The lowest BCUT2D eigenvalue weighted by atomic mass is 10.0. The van der Waals surface area contributed by atoms with E-state index in [-0.39, 0.29) is 0 Å². The molecule has 0 amide bonds. The average molecular weight is 125 g/mol. The second-order valence-corrected chi connectivity index (χ2v) is 2.73. The minimum Gasteiger partial charge on any atom is -0.310 e. The van der Waals surface area contributed by atoms with E-state index in [1.807, 2.05) is 0 Å². The third-order valence-corrected chi connectivity index (χ3v) is 1.85. The maximum Gasteiger partial charge on any atom is 0.0250 e. The van der Waals surface area contributed by atoms with Crippen molar-refractivity contribution in [2.75, 3.05) is 6.54 Å². The highest BCUT2D eigenvalue weighted by atomic mass is 14.9. The molecule has 0 saturated carbocycles. The van der Waals surface area contributed by atoms with Crippen LogP contribution >= 0.6 is 0 Å². The smallest absolute Gasteiger partial charge is 0.0250 e. The highest BCUT2D eigenvalue weighted by molar-refractivity contribution is 5.07. The van der Waals surface area contributed by atoms with E-state index in [0.29, 0.717) is 6.04 Å². The molecule has 0 bridgehead atoms. The lowest BCUT2D eigenvalue weighted by molar-refractivity contribution is 0.550. The molecular weight excluding hydrogens is 110 g/mol. The Bertz CT molecular complexity index is 116. The van der Waals surface area contributed by atoms with Crippen molar-refractivity contribution < 1.29 is 0 Å². The zero-order valence-corrected chi connectivity index (χ0v) is 6.28. The molecule has 0 spiro atoms. The van der Waals surface area contributed by atoms with E-state index < -0.39 is 0 Å². The molecule has 1 rings (SSSR count). The Hall–Kier alpha value is -0.300. The van der Waals surface area contributed by atoms with Crippen molar-refractivity contribution in [2.45, 2.75) is 32.7 Å². The Morgan fingerprint density at radius 1 is 1.78 bits per heavy atom. The largest absolute Gasteiger partial charge is 0.310 e. The van der Waals surface area contributed by atoms with Gasteiger partial charge in [0.25, 0.3) is 0 Å². The normalized spacial score (nSPS) is 27.8. The quantitative estimate of drug-likeness (QED) is 0.526. The minimum absolute atomic E-state index is 0.652. The molecule has 0 radical (unpaired) electrons. The van der Waals surface area contributed by atoms with Gasteiger partial charge in [-0.05, 0) is 26.3 Å². The molecule has 1 aliphatic heterocycles. The number of hydrogen-bond acceptors (Lipinski definition) is 1. The second-order valence-electron chi connectivity index (χ2n) is 2.73. The fraction of sp³-hybridized carbons (Fsp3) is 0.750. The number of nitrogens with one attached hydrogen (secondary N) is 1. The molecule has 0 saturated heterocycles. The van der Waals surface area contributed by atoms with Gasteiger partial charge in [-0.3, -0.25) is 0 Å². The summed E-state index contributed by atoms with van der Waals surface area (Å²) in [6.45, 7) is 5.59. The third-order valence-electron chi connectivity index (χ3n) is 1.85. The van der Waals surface area contributed by atoms with E-state index in [1.54, 1.807) is 5.57 Å². The highest BCUT2D eigenvalue weighted by Gasteiger charge is 2.06. The summed E-state index contributed by atoms with van der Waals surface area (Å²) in [5.74, 6) is 0. The average Bonchev–Trinajstić information content (AvgIpc) is 1.88. The predicted molar refractivity (Wildman–Crippen MR) is 40.5 cm³/mol. The number of hydrogen-bond donors (Lipinski definition) is 1. The Kier molecular flexibility index (Phi) is 2.29. The van der Waals surface area contributed by atoms with Gasteiger partial charge in [0.05, 0.1) is 0 Å². The Labute approximate surface area is 57.1 Å². The minimum atomic E-state index is 0.652. The van der Waals surface area contributed by atoms with Crippen molar-refractivity contribution in [2.24, 2.45) is 0 Å². The fourth-order valence-electron chi connectivity index (χ4n) is 1.20. The van der Waals surface area contributed by atoms with E-state index >= 15 is 0 Å². The van der Waals surface area contributed by atoms with E-state index in [1.165, 1.54) is 19.4 Å². The van der Waals surface area contributed by atoms with Crippen LogP contribution in [0.15, 0.2) is 11.6 Å². The van der Waals surface area contributed by atoms with Gasteiger partial charge in [-0.25, -0.2) is 0 Å². The Morgan fingerprint density at radius 3 is 3.00 bits per heavy atom. The summed E-state index contributed by atoms with van der Waals surface area (Å²) >= 11 is 0. The van der Waals surface area contributed by atoms with Crippen molar-refractivity contribution in [1.82, 2.24) is 5.32 Å². The van der Waals surface area contributed by atoms with Gasteiger partial charge >= 0.3 is 0 Å². The summed E-state index contributed by atoms with van der Waals surface area (Å²) in [5.41, 5.74) is 1.54. The first-order valence-corrected chi connectivity index (χ1v) is 3.73. The summed E-state index contributed by atoms with van der Waals surface area (Å²) in [7, 11) is 0. The molecule has 1 aliphatic rings. The molecule has 0 fully saturated rings. The highest BCUT2D eigenvalue weighted by Crippen LogP contribution is 2.08. The maximum absolute atomic E-state index is 3.42. The zero-order chi connectivity index (χ0) is 6.69. The van der Waals surface area contributed by atoms with Gasteiger partial charge in [-0.2, -0.15) is 0 Å². The van der Waals surface area contributed by atoms with Gasteiger partial charge in [0, 0.05) is 6.04 Å². The zero-order valence-electron chi connectivity index (χ0n) is 6.28. The van der Waals surface area contributed by atoms with Gasteiger partial charge in [0.2, 0.25) is 0 Å². The summed E-state index contributed by atoms with van der Waals surface area (Å²) in [6.07, 6.45) is 4.79. The van der Waals surface area contributed by atoms with E-state index in [9.17, 15) is 0 Å². The molecule has 0 aromatic carbocycles. The van der Waals surface area contributed by atoms with Crippen LogP contribution in [0.5, 0.6) is 0 Å². The lowest BCUT2D eigenvalue weighted by Crippen LogP contribution is -2.31. The van der Waals surface area contributed by atoms with Crippen molar-refractivity contribution in [3.05, 3.63) is 11.6 Å². The molecule has 1 heterocycles. The van der Waals surface area contributed by atoms with Crippen LogP contribution in [0.3, 0.4) is 0 Å². The molecule has 52 valence electrons. The van der Waals surface area contributed by atoms with Gasteiger partial charge < -0.3 is 5.32 Å². The molecule has 0 aliphatic carbocycles. The molecular formula is C8H15N. The molecule has 0 aromatic heterocycles. The van der Waals surface area contributed by atoms with Crippen LogP contribution in [0.4, 0.5) is 0 Å². The summed E-state index contributed by atoms with van der Waals surface area (Å²) in [5, 5.41) is 3.42. The van der Waals surface area contributed by atoms with Crippen LogP contribution in [-0.2, 0) is 0 Å². The first kappa shape index (κ1) is 6.81. The van der Waals surface area contributed by atoms with Gasteiger partial charge in [-0.15, -0.1) is 0 Å². The first-order chi connectivity index (χ1) is 4.33. The van der Waals surface area contributed by atoms with Gasteiger partial charge in [-0.1, -0.05) is 18.6 Å². The topological polar surface area (TPSA) is 12.0 Å². The van der Waals surface area contributed by atoms with E-state index in [4.69, 9.17) is 0 Å². The maximum atomic E-state index is 3.42. The van der Waals surface area contributed by atoms with Crippen molar-refractivity contribution in [1.29, 1.82) is 0 Å². The molecule has 1 atom stereocenters. The van der Waals surface area contributed by atoms with Crippen molar-refractivity contribution in [3.63, 3.8) is 0 Å². The second kappa shape index (κ2) is 3.02. The van der Waals surface area contributed by atoms with Crippen LogP contribution in [0.2, 0.25) is 0 Å². The predicted octanol–water partition coefficient (Wildman–Crippen LogP) is 1.70. The Morgan fingerprint density at radius 2 is 2.56 bits per heavy atom. The molecule has 1 unspecified atom stereocenters. The van der Waals surface area contributed by atoms with Crippen LogP contribution in [-0.4, -0.2) is 12.6 Å². The van der Waals surface area contributed by atoms with E-state index in [0.717, 1.165) is 0 Å². The standard InChI is InChI=1S/C8H15N/c1-3-8-6-7(2)4-5-9-8/h6,8-9H,3-5H2,1-2H3. The SMILES string of the molecule is CCC1C=C(C)CCN1. The summed E-state index contributed by atoms with van der Waals surface area (Å²) in [4.78, 5) is 0. The van der Waals surface area contributed by atoms with Crippen molar-refractivity contribution >= 4 is 0 Å². The van der Waals surface area contributed by atoms with Gasteiger partial charge in [0.15, 0.2) is 0 Å². The van der Waals surface area contributed by atoms with E-state index in [2.05, 4.69) is 25.2 Å². The van der Waals surface area contributed by atoms with Crippen molar-refractivity contribution in [3.8, 4) is 0 Å². The van der Waals surface area contributed by atoms with Crippen LogP contribution < -0.4 is 5.32 Å².